The number of benzene rings is 1. The van der Waals surface area contributed by atoms with Crippen LogP contribution in [0.1, 0.15) is 18.4 Å². The zero-order valence-electron chi connectivity index (χ0n) is 15.1. The van der Waals surface area contributed by atoms with Crippen molar-refractivity contribution in [3.05, 3.63) is 36.4 Å². The number of ether oxygens (including phenoxy) is 2. The molecule has 1 unspecified atom stereocenters. The van der Waals surface area contributed by atoms with Crippen molar-refractivity contribution < 1.29 is 14.3 Å². The average molecular weight is 369 g/mol. The van der Waals surface area contributed by atoms with Crippen LogP contribution in [0.3, 0.4) is 0 Å². The largest absolute Gasteiger partial charge is 0.493 e. The topological polar surface area (TPSA) is 50.8 Å². The predicted molar refractivity (Wildman–Crippen MR) is 103 cm³/mol. The molecule has 2 rings (SSSR count). The third-order valence-electron chi connectivity index (χ3n) is 4.32. The number of carbonyl (C=O) groups is 1. The summed E-state index contributed by atoms with van der Waals surface area (Å²) in [6.45, 7) is 6.35. The van der Waals surface area contributed by atoms with E-state index < -0.39 is 0 Å². The van der Waals surface area contributed by atoms with Gasteiger partial charge in [-0.05, 0) is 56.5 Å². The summed E-state index contributed by atoms with van der Waals surface area (Å²) in [6.07, 6.45) is 4.84. The van der Waals surface area contributed by atoms with Crippen LogP contribution in [-0.2, 0) is 11.2 Å². The van der Waals surface area contributed by atoms with Crippen molar-refractivity contribution in [3.8, 4) is 11.5 Å². The minimum Gasteiger partial charge on any atom is -0.493 e. The van der Waals surface area contributed by atoms with Crippen molar-refractivity contribution in [1.82, 2.24) is 10.2 Å². The Hall–Kier alpha value is -1.72. The summed E-state index contributed by atoms with van der Waals surface area (Å²) in [7, 11) is 3.56. The van der Waals surface area contributed by atoms with E-state index in [0.29, 0.717) is 17.4 Å². The molecule has 1 aromatic rings. The van der Waals surface area contributed by atoms with Gasteiger partial charge in [0.1, 0.15) is 0 Å². The number of methoxy groups -OCH3 is 1. The summed E-state index contributed by atoms with van der Waals surface area (Å²) in [5.74, 6) is 1.81. The molecule has 1 atom stereocenters. The number of hydrogen-bond donors (Lipinski definition) is 1. The zero-order chi connectivity index (χ0) is 17.4. The number of piperidine rings is 1. The molecule has 1 fully saturated rings. The summed E-state index contributed by atoms with van der Waals surface area (Å²) < 4.78 is 11.1. The number of carbonyl (C=O) groups excluding carboxylic acids is 1. The van der Waals surface area contributed by atoms with Gasteiger partial charge in [0.25, 0.3) is 5.91 Å². The minimum atomic E-state index is 0. The van der Waals surface area contributed by atoms with Crippen LogP contribution in [0.15, 0.2) is 30.9 Å². The number of likely N-dealkylation sites (tertiary alicyclic amines) is 1. The summed E-state index contributed by atoms with van der Waals surface area (Å²) in [6, 6.07) is 5.74. The van der Waals surface area contributed by atoms with E-state index in [0.717, 1.165) is 38.0 Å². The van der Waals surface area contributed by atoms with Gasteiger partial charge in [-0.2, -0.15) is 0 Å². The van der Waals surface area contributed by atoms with Gasteiger partial charge >= 0.3 is 0 Å². The molecule has 5 nitrogen and oxygen atoms in total. The Morgan fingerprint density at radius 3 is 2.92 bits per heavy atom. The molecule has 140 valence electrons. The van der Waals surface area contributed by atoms with E-state index in [1.807, 2.05) is 36.2 Å². The van der Waals surface area contributed by atoms with E-state index in [4.69, 9.17) is 9.47 Å². The van der Waals surface area contributed by atoms with Gasteiger partial charge in [0.05, 0.1) is 7.11 Å². The lowest BCUT2D eigenvalue weighted by Gasteiger charge is -2.32. The van der Waals surface area contributed by atoms with E-state index in [9.17, 15) is 4.79 Å². The maximum absolute atomic E-state index is 12.4. The van der Waals surface area contributed by atoms with Gasteiger partial charge in [-0.25, -0.2) is 0 Å². The standard InChI is InChI=1S/C19H28N2O3.ClH/c1-4-6-15-8-9-17(18(11-15)23-3)24-14-19(22)21-10-5-7-16(13-21)12-20-2;/h4,8-9,11,16,20H,1,5-7,10,12-14H2,2-3H3;1H. The molecule has 25 heavy (non-hydrogen) atoms. The second kappa shape index (κ2) is 11.0. The average Bonchev–Trinajstić information content (AvgIpc) is 2.61. The van der Waals surface area contributed by atoms with Crippen molar-refractivity contribution >= 4 is 18.3 Å². The number of rotatable bonds is 8. The van der Waals surface area contributed by atoms with Gasteiger partial charge < -0.3 is 19.7 Å². The quantitative estimate of drug-likeness (QED) is 0.717. The fourth-order valence-electron chi connectivity index (χ4n) is 3.10. The Balaban J connectivity index is 0.00000312. The first kappa shape index (κ1) is 21.3. The molecule has 0 saturated carbocycles. The number of amides is 1. The number of halogens is 1. The molecule has 1 heterocycles. The SMILES string of the molecule is C=CCc1ccc(OCC(=O)N2CCCC(CNC)C2)c(OC)c1.Cl. The maximum Gasteiger partial charge on any atom is 0.260 e. The van der Waals surface area contributed by atoms with Crippen LogP contribution in [0, 0.1) is 5.92 Å². The fourth-order valence-corrected chi connectivity index (χ4v) is 3.10. The second-order valence-corrected chi connectivity index (χ2v) is 6.17. The van der Waals surface area contributed by atoms with E-state index in [-0.39, 0.29) is 24.9 Å². The minimum absolute atomic E-state index is 0. The molecule has 0 bridgehead atoms. The van der Waals surface area contributed by atoms with Crippen molar-refractivity contribution in [2.75, 3.05) is 40.4 Å². The van der Waals surface area contributed by atoms with Crippen LogP contribution in [0.4, 0.5) is 0 Å². The second-order valence-electron chi connectivity index (χ2n) is 6.17. The predicted octanol–water partition coefficient (Wildman–Crippen LogP) is 2.68. The first-order chi connectivity index (χ1) is 11.7. The van der Waals surface area contributed by atoms with Gasteiger partial charge in [0.2, 0.25) is 0 Å². The van der Waals surface area contributed by atoms with Gasteiger partial charge in [-0.3, -0.25) is 4.79 Å². The van der Waals surface area contributed by atoms with E-state index >= 15 is 0 Å². The molecule has 1 amide bonds. The van der Waals surface area contributed by atoms with Crippen LogP contribution in [0.25, 0.3) is 0 Å². The lowest BCUT2D eigenvalue weighted by Crippen LogP contribution is -2.44. The fraction of sp³-hybridized carbons (Fsp3) is 0.526. The summed E-state index contributed by atoms with van der Waals surface area (Å²) in [5, 5.41) is 3.19. The maximum atomic E-state index is 12.4. The summed E-state index contributed by atoms with van der Waals surface area (Å²) in [4.78, 5) is 14.3. The summed E-state index contributed by atoms with van der Waals surface area (Å²) >= 11 is 0. The molecule has 1 N–H and O–H groups in total. The highest BCUT2D eigenvalue weighted by Crippen LogP contribution is 2.28. The number of nitrogens with zero attached hydrogens (tertiary/aromatic N) is 1. The lowest BCUT2D eigenvalue weighted by molar-refractivity contribution is -0.135. The monoisotopic (exact) mass is 368 g/mol. The van der Waals surface area contributed by atoms with Gasteiger partial charge in [0, 0.05) is 13.1 Å². The molecule has 0 aliphatic carbocycles. The van der Waals surface area contributed by atoms with Gasteiger partial charge in [-0.15, -0.1) is 19.0 Å². The van der Waals surface area contributed by atoms with Crippen molar-refractivity contribution in [1.29, 1.82) is 0 Å². The molecule has 1 aromatic carbocycles. The normalized spacial score (nSPS) is 16.7. The van der Waals surface area contributed by atoms with E-state index in [1.54, 1.807) is 7.11 Å². The molecule has 1 aliphatic rings. The Bertz CT molecular complexity index is 564. The molecular formula is C19H29ClN2O3. The highest BCUT2D eigenvalue weighted by molar-refractivity contribution is 5.85. The molecule has 6 heteroatoms. The van der Waals surface area contributed by atoms with E-state index in [1.165, 1.54) is 6.42 Å². The molecule has 1 aliphatic heterocycles. The Morgan fingerprint density at radius 1 is 1.44 bits per heavy atom. The van der Waals surface area contributed by atoms with Gasteiger partial charge in [0.15, 0.2) is 18.1 Å². The first-order valence-electron chi connectivity index (χ1n) is 8.51. The molecule has 1 saturated heterocycles. The lowest BCUT2D eigenvalue weighted by atomic mass is 9.98. The number of nitrogens with one attached hydrogen (secondary N) is 1. The third kappa shape index (κ3) is 6.25. The van der Waals surface area contributed by atoms with Crippen LogP contribution in [0.5, 0.6) is 11.5 Å². The van der Waals surface area contributed by atoms with Crippen LogP contribution >= 0.6 is 12.4 Å². The third-order valence-corrected chi connectivity index (χ3v) is 4.32. The molecule has 0 radical (unpaired) electrons. The molecule has 0 aromatic heterocycles. The van der Waals surface area contributed by atoms with Crippen molar-refractivity contribution in [3.63, 3.8) is 0 Å². The van der Waals surface area contributed by atoms with E-state index in [2.05, 4.69) is 11.9 Å². The highest BCUT2D eigenvalue weighted by atomic mass is 35.5. The van der Waals surface area contributed by atoms with Gasteiger partial charge in [-0.1, -0.05) is 12.1 Å². The van der Waals surface area contributed by atoms with Crippen molar-refractivity contribution in [2.24, 2.45) is 5.92 Å². The number of hydrogen-bond acceptors (Lipinski definition) is 4. The smallest absolute Gasteiger partial charge is 0.260 e. The van der Waals surface area contributed by atoms with Crippen LogP contribution < -0.4 is 14.8 Å². The van der Waals surface area contributed by atoms with Crippen molar-refractivity contribution in [2.45, 2.75) is 19.3 Å². The molecule has 0 spiro atoms. The summed E-state index contributed by atoms with van der Waals surface area (Å²) in [5.41, 5.74) is 1.10. The highest BCUT2D eigenvalue weighted by Gasteiger charge is 2.23. The number of allylic oxidation sites excluding steroid dienone is 1. The Kier molecular flexibility index (Phi) is 9.39. The Labute approximate surface area is 156 Å². The Morgan fingerprint density at radius 2 is 2.24 bits per heavy atom. The van der Waals surface area contributed by atoms with Crippen LogP contribution in [0.2, 0.25) is 0 Å². The van der Waals surface area contributed by atoms with Crippen LogP contribution in [-0.4, -0.2) is 51.2 Å². The molecular weight excluding hydrogens is 340 g/mol. The zero-order valence-corrected chi connectivity index (χ0v) is 15.9. The first-order valence-corrected chi connectivity index (χ1v) is 8.51.